The monoisotopic (exact) mass is 439 g/mol. The third-order valence-electron chi connectivity index (χ3n) is 4.56. The second kappa shape index (κ2) is 11.3. The Kier molecular flexibility index (Phi) is 8.76. The molecule has 1 atom stereocenters. The van der Waals surface area contributed by atoms with E-state index in [1.807, 2.05) is 19.0 Å². The highest BCUT2D eigenvalue weighted by molar-refractivity contribution is 5.99. The van der Waals surface area contributed by atoms with Gasteiger partial charge in [-0.3, -0.25) is 4.79 Å². The van der Waals surface area contributed by atoms with Crippen LogP contribution in [0.4, 0.5) is 10.2 Å². The van der Waals surface area contributed by atoms with Gasteiger partial charge in [0.05, 0.1) is 20.3 Å². The summed E-state index contributed by atoms with van der Waals surface area (Å²) in [6.07, 6.45) is 0. The minimum atomic E-state index is -1.16. The Labute approximate surface area is 178 Å². The first-order chi connectivity index (χ1) is 14.8. The summed E-state index contributed by atoms with van der Waals surface area (Å²) in [5.41, 5.74) is 0.324. The fraction of sp³-hybridized carbons (Fsp3) is 0.450. The lowest BCUT2D eigenvalue weighted by Gasteiger charge is -2.25. The normalized spacial score (nSPS) is 16.3. The van der Waals surface area contributed by atoms with E-state index in [1.165, 1.54) is 25.3 Å². The average molecular weight is 439 g/mol. The van der Waals surface area contributed by atoms with E-state index in [9.17, 15) is 14.3 Å². The molecule has 0 radical (unpaired) electrons. The second-order valence-electron chi connectivity index (χ2n) is 7.12. The topological polar surface area (TPSA) is 126 Å². The molecule has 2 aromatic rings. The van der Waals surface area contributed by atoms with E-state index in [0.29, 0.717) is 31.9 Å². The molecular weight excluding hydrogens is 413 g/mol. The van der Waals surface area contributed by atoms with Gasteiger partial charge < -0.3 is 34.0 Å². The van der Waals surface area contributed by atoms with Gasteiger partial charge in [-0.15, -0.1) is 0 Å². The maximum absolute atomic E-state index is 13.7. The highest BCUT2D eigenvalue weighted by atomic mass is 19.1. The molecule has 11 heteroatoms. The lowest BCUT2D eigenvalue weighted by atomic mass is 10.1. The zero-order valence-electron chi connectivity index (χ0n) is 17.6. The van der Waals surface area contributed by atoms with Crippen LogP contribution < -0.4 is 9.64 Å². The van der Waals surface area contributed by atoms with Crippen molar-refractivity contribution in [2.24, 2.45) is 5.92 Å². The van der Waals surface area contributed by atoms with Gasteiger partial charge in [-0.2, -0.15) is 0 Å². The van der Waals surface area contributed by atoms with E-state index in [4.69, 9.17) is 23.9 Å². The number of hydrogen-bond donors (Lipinski definition) is 2. The molecule has 2 N–H and O–H groups in total. The summed E-state index contributed by atoms with van der Waals surface area (Å²) in [5, 5.41) is 20.7. The Bertz CT molecular complexity index is 888. The summed E-state index contributed by atoms with van der Waals surface area (Å²) in [5.74, 6) is -1.19. The fourth-order valence-corrected chi connectivity index (χ4v) is 3.39. The van der Waals surface area contributed by atoms with Crippen LogP contribution in [0.1, 0.15) is 10.4 Å². The van der Waals surface area contributed by atoms with Gasteiger partial charge in [0.2, 0.25) is 0 Å². The van der Waals surface area contributed by atoms with Gasteiger partial charge in [-0.1, -0.05) is 5.16 Å². The first kappa shape index (κ1) is 24.1. The van der Waals surface area contributed by atoms with Crippen molar-refractivity contribution in [1.29, 1.82) is 0 Å². The lowest BCUT2D eigenvalue weighted by molar-refractivity contribution is -0.122. The fourth-order valence-electron chi connectivity index (χ4n) is 3.39. The summed E-state index contributed by atoms with van der Waals surface area (Å²) >= 11 is 0. The molecule has 1 aromatic carbocycles. The van der Waals surface area contributed by atoms with Crippen molar-refractivity contribution in [2.45, 2.75) is 0 Å². The molecule has 2 heterocycles. The van der Waals surface area contributed by atoms with Crippen molar-refractivity contribution in [3.05, 3.63) is 29.6 Å². The molecule has 3 rings (SSSR count). The van der Waals surface area contributed by atoms with Gasteiger partial charge in [0.25, 0.3) is 6.47 Å². The zero-order chi connectivity index (χ0) is 23.0. The van der Waals surface area contributed by atoms with Crippen molar-refractivity contribution in [1.82, 2.24) is 10.1 Å². The molecule has 31 heavy (non-hydrogen) atoms. The van der Waals surface area contributed by atoms with E-state index >= 15 is 0 Å². The Hall–Kier alpha value is -3.18. The molecular formula is C20H26FN3O7. The summed E-state index contributed by atoms with van der Waals surface area (Å²) in [6.45, 7) is 2.71. The van der Waals surface area contributed by atoms with Crippen molar-refractivity contribution in [3.8, 4) is 17.1 Å². The van der Waals surface area contributed by atoms with Crippen LogP contribution in [0.25, 0.3) is 11.3 Å². The van der Waals surface area contributed by atoms with Crippen LogP contribution >= 0.6 is 0 Å². The number of aromatic carboxylic acids is 1. The Morgan fingerprint density at radius 2 is 2.16 bits per heavy atom. The average Bonchev–Trinajstić information content (AvgIpc) is 3.03. The first-order valence-electron chi connectivity index (χ1n) is 9.44. The van der Waals surface area contributed by atoms with Crippen molar-refractivity contribution in [2.75, 3.05) is 59.0 Å². The van der Waals surface area contributed by atoms with Gasteiger partial charge in [0.15, 0.2) is 28.7 Å². The number of benzene rings is 1. The van der Waals surface area contributed by atoms with Crippen molar-refractivity contribution in [3.63, 3.8) is 0 Å². The number of halogens is 1. The van der Waals surface area contributed by atoms with Crippen LogP contribution in [0.5, 0.6) is 5.75 Å². The van der Waals surface area contributed by atoms with Crippen LogP contribution in [0.15, 0.2) is 22.7 Å². The summed E-state index contributed by atoms with van der Waals surface area (Å²) in [4.78, 5) is 24.3. The van der Waals surface area contributed by atoms with Gasteiger partial charge in [0, 0.05) is 31.1 Å². The first-order valence-corrected chi connectivity index (χ1v) is 9.44. The molecule has 1 aliphatic heterocycles. The van der Waals surface area contributed by atoms with E-state index < -0.39 is 11.8 Å². The quantitative estimate of drug-likeness (QED) is 0.645. The SMILES string of the molecule is COc1cc(-c2onc(N3CCOCC(CN(C)C)C3)c2C(=O)O)ccc1F.O=CO. The third kappa shape index (κ3) is 6.15. The predicted octanol–water partition coefficient (Wildman–Crippen LogP) is 1.90. The van der Waals surface area contributed by atoms with E-state index in [2.05, 4.69) is 10.1 Å². The molecule has 1 fully saturated rings. The van der Waals surface area contributed by atoms with Crippen LogP contribution in [0.2, 0.25) is 0 Å². The van der Waals surface area contributed by atoms with Gasteiger partial charge in [-0.05, 0) is 32.3 Å². The van der Waals surface area contributed by atoms with E-state index in [1.54, 1.807) is 0 Å². The summed E-state index contributed by atoms with van der Waals surface area (Å²) in [7, 11) is 5.30. The second-order valence-corrected chi connectivity index (χ2v) is 7.12. The molecule has 10 nitrogen and oxygen atoms in total. The number of carboxylic acid groups (broad SMARTS) is 2. The smallest absolute Gasteiger partial charge is 0.343 e. The minimum Gasteiger partial charge on any atom is -0.494 e. The number of rotatable bonds is 6. The lowest BCUT2D eigenvalue weighted by Crippen LogP contribution is -2.35. The molecule has 170 valence electrons. The molecule has 0 spiro atoms. The van der Waals surface area contributed by atoms with Crippen LogP contribution in [-0.2, 0) is 9.53 Å². The molecule has 0 amide bonds. The van der Waals surface area contributed by atoms with Crippen LogP contribution in [0, 0.1) is 11.7 Å². The number of ether oxygens (including phenoxy) is 2. The molecule has 1 saturated heterocycles. The predicted molar refractivity (Wildman–Crippen MR) is 109 cm³/mol. The molecule has 0 aliphatic carbocycles. The highest BCUT2D eigenvalue weighted by Gasteiger charge is 2.30. The maximum Gasteiger partial charge on any atom is 0.343 e. The number of carbonyl (C=O) groups is 2. The third-order valence-corrected chi connectivity index (χ3v) is 4.56. The van der Waals surface area contributed by atoms with Crippen molar-refractivity contribution < 1.29 is 38.2 Å². The molecule has 1 unspecified atom stereocenters. The number of aromatic nitrogens is 1. The summed E-state index contributed by atoms with van der Waals surface area (Å²) in [6, 6.07) is 4.04. The number of methoxy groups -OCH3 is 1. The molecule has 0 bridgehead atoms. The number of hydrogen-bond acceptors (Lipinski definition) is 8. The highest BCUT2D eigenvalue weighted by Crippen LogP contribution is 2.34. The van der Waals surface area contributed by atoms with Crippen LogP contribution in [0.3, 0.4) is 0 Å². The van der Waals surface area contributed by atoms with Gasteiger partial charge in [0.1, 0.15) is 0 Å². The maximum atomic E-state index is 13.7. The Morgan fingerprint density at radius 1 is 1.45 bits per heavy atom. The standard InChI is InChI=1S/C19H24FN3O5.CH2O2/c1-22(2)9-12-10-23(6-7-27-11-12)18-16(19(24)25)17(28-21-18)13-4-5-14(20)15(8-13)26-3;2-1-3/h4-5,8,12H,6-7,9-11H2,1-3H3,(H,24,25);1H,(H,2,3). The Balaban J connectivity index is 0.00000107. The van der Waals surface area contributed by atoms with Crippen LogP contribution in [-0.4, -0.2) is 86.8 Å². The number of carboxylic acids is 1. The largest absolute Gasteiger partial charge is 0.494 e. The molecule has 1 aromatic heterocycles. The van der Waals surface area contributed by atoms with Crippen molar-refractivity contribution >= 4 is 18.3 Å². The number of anilines is 1. The Morgan fingerprint density at radius 3 is 2.77 bits per heavy atom. The number of nitrogens with zero attached hydrogens (tertiary/aromatic N) is 3. The molecule has 1 aliphatic rings. The summed E-state index contributed by atoms with van der Waals surface area (Å²) < 4.78 is 29.8. The van der Waals surface area contributed by atoms with Gasteiger partial charge in [-0.25, -0.2) is 9.18 Å². The van der Waals surface area contributed by atoms with E-state index in [0.717, 1.165) is 6.54 Å². The van der Waals surface area contributed by atoms with E-state index in [-0.39, 0.29) is 35.3 Å². The minimum absolute atomic E-state index is 0.000934. The zero-order valence-corrected chi connectivity index (χ0v) is 17.6. The van der Waals surface area contributed by atoms with Gasteiger partial charge >= 0.3 is 5.97 Å². The molecule has 0 saturated carbocycles.